The predicted octanol–water partition coefficient (Wildman–Crippen LogP) is 3.82. The van der Waals surface area contributed by atoms with Crippen molar-refractivity contribution in [1.29, 1.82) is 0 Å². The molecule has 106 valence electrons. The third kappa shape index (κ3) is 3.11. The van der Waals surface area contributed by atoms with Gasteiger partial charge in [-0.15, -0.1) is 11.8 Å². The van der Waals surface area contributed by atoms with Crippen LogP contribution in [0.25, 0.3) is 22.3 Å². The zero-order valence-electron chi connectivity index (χ0n) is 11.4. The van der Waals surface area contributed by atoms with E-state index in [4.69, 9.17) is 10.2 Å². The zero-order chi connectivity index (χ0) is 14.7. The standard InChI is InChI=1S/C17H15NO2S/c18-17(19)11-21-10-13-6-1-3-7-14(13)16-9-12-5-2-4-8-15(12)20-16/h1-9H,10-11H2,(H2,18,19). The molecule has 3 rings (SSSR count). The third-order valence-electron chi connectivity index (χ3n) is 3.21. The summed E-state index contributed by atoms with van der Waals surface area (Å²) in [5, 5.41) is 1.09. The van der Waals surface area contributed by atoms with E-state index in [0.29, 0.717) is 5.75 Å². The summed E-state index contributed by atoms with van der Waals surface area (Å²) >= 11 is 1.51. The van der Waals surface area contributed by atoms with Crippen LogP contribution in [0.2, 0.25) is 0 Å². The van der Waals surface area contributed by atoms with Crippen molar-refractivity contribution in [3.05, 3.63) is 60.2 Å². The lowest BCUT2D eigenvalue weighted by Gasteiger charge is -2.06. The highest BCUT2D eigenvalue weighted by Crippen LogP contribution is 2.31. The first-order valence-corrected chi connectivity index (χ1v) is 7.82. The Morgan fingerprint density at radius 2 is 1.86 bits per heavy atom. The van der Waals surface area contributed by atoms with E-state index in [-0.39, 0.29) is 5.91 Å². The van der Waals surface area contributed by atoms with Crippen LogP contribution in [0, 0.1) is 0 Å². The average Bonchev–Trinajstić information content (AvgIpc) is 2.91. The number of nitrogens with two attached hydrogens (primary N) is 1. The second kappa shape index (κ2) is 6.06. The Kier molecular flexibility index (Phi) is 3.97. The molecule has 0 fully saturated rings. The van der Waals surface area contributed by atoms with Crippen molar-refractivity contribution in [3.8, 4) is 11.3 Å². The summed E-state index contributed by atoms with van der Waals surface area (Å²) in [6.07, 6.45) is 0. The number of carbonyl (C=O) groups is 1. The van der Waals surface area contributed by atoms with E-state index in [0.717, 1.165) is 33.6 Å². The highest BCUT2D eigenvalue weighted by molar-refractivity contribution is 7.99. The Balaban J connectivity index is 1.92. The fraction of sp³-hybridized carbons (Fsp3) is 0.118. The Morgan fingerprint density at radius 3 is 2.67 bits per heavy atom. The van der Waals surface area contributed by atoms with Crippen molar-refractivity contribution in [2.45, 2.75) is 5.75 Å². The SMILES string of the molecule is NC(=O)CSCc1ccccc1-c1cc2ccccc2o1. The first kappa shape index (κ1) is 13.8. The molecule has 2 aromatic carbocycles. The van der Waals surface area contributed by atoms with E-state index < -0.39 is 0 Å². The molecule has 0 saturated carbocycles. The van der Waals surface area contributed by atoms with Gasteiger partial charge in [0.05, 0.1) is 5.75 Å². The molecular weight excluding hydrogens is 282 g/mol. The van der Waals surface area contributed by atoms with Crippen molar-refractivity contribution in [1.82, 2.24) is 0 Å². The molecule has 0 radical (unpaired) electrons. The number of hydrogen-bond acceptors (Lipinski definition) is 3. The first-order valence-electron chi connectivity index (χ1n) is 6.67. The molecule has 3 aromatic rings. The van der Waals surface area contributed by atoms with Crippen LogP contribution in [0.4, 0.5) is 0 Å². The smallest absolute Gasteiger partial charge is 0.227 e. The summed E-state index contributed by atoms with van der Waals surface area (Å²) in [7, 11) is 0. The van der Waals surface area contributed by atoms with E-state index >= 15 is 0 Å². The van der Waals surface area contributed by atoms with Crippen LogP contribution < -0.4 is 5.73 Å². The summed E-state index contributed by atoms with van der Waals surface area (Å²) in [5.41, 5.74) is 8.26. The minimum absolute atomic E-state index is 0.291. The highest BCUT2D eigenvalue weighted by atomic mass is 32.2. The molecule has 3 nitrogen and oxygen atoms in total. The number of primary amides is 1. The van der Waals surface area contributed by atoms with Crippen molar-refractivity contribution in [2.75, 3.05) is 5.75 Å². The average molecular weight is 297 g/mol. The Morgan fingerprint density at radius 1 is 1.10 bits per heavy atom. The van der Waals surface area contributed by atoms with Crippen LogP contribution in [0.3, 0.4) is 0 Å². The van der Waals surface area contributed by atoms with E-state index in [1.807, 2.05) is 48.5 Å². The van der Waals surface area contributed by atoms with Gasteiger partial charge in [-0.05, 0) is 17.7 Å². The van der Waals surface area contributed by atoms with Crippen LogP contribution in [0.1, 0.15) is 5.56 Å². The summed E-state index contributed by atoms with van der Waals surface area (Å²) in [6.45, 7) is 0. The fourth-order valence-electron chi connectivity index (χ4n) is 2.26. The molecule has 4 heteroatoms. The molecule has 0 spiro atoms. The van der Waals surface area contributed by atoms with Gasteiger partial charge in [0.1, 0.15) is 11.3 Å². The first-order chi connectivity index (χ1) is 10.2. The molecule has 1 heterocycles. The Bertz CT molecular complexity index is 746. The number of furan rings is 1. The van der Waals surface area contributed by atoms with Crippen LogP contribution >= 0.6 is 11.8 Å². The van der Waals surface area contributed by atoms with Gasteiger partial charge in [0.2, 0.25) is 5.91 Å². The molecule has 0 unspecified atom stereocenters. The largest absolute Gasteiger partial charge is 0.456 e. The van der Waals surface area contributed by atoms with Crippen LogP contribution in [0.5, 0.6) is 0 Å². The third-order valence-corrected chi connectivity index (χ3v) is 4.21. The maximum Gasteiger partial charge on any atom is 0.227 e. The van der Waals surface area contributed by atoms with Gasteiger partial charge in [-0.1, -0.05) is 42.5 Å². The lowest BCUT2D eigenvalue weighted by Crippen LogP contribution is -2.13. The van der Waals surface area contributed by atoms with E-state index in [2.05, 4.69) is 6.07 Å². The van der Waals surface area contributed by atoms with E-state index in [1.165, 1.54) is 11.8 Å². The van der Waals surface area contributed by atoms with Crippen molar-refractivity contribution >= 4 is 28.6 Å². The van der Waals surface area contributed by atoms with Gasteiger partial charge >= 0.3 is 0 Å². The Labute approximate surface area is 127 Å². The highest BCUT2D eigenvalue weighted by Gasteiger charge is 2.10. The number of para-hydroxylation sites is 1. The lowest BCUT2D eigenvalue weighted by molar-refractivity contribution is -0.115. The minimum Gasteiger partial charge on any atom is -0.456 e. The molecule has 21 heavy (non-hydrogen) atoms. The zero-order valence-corrected chi connectivity index (χ0v) is 12.2. The number of rotatable bonds is 5. The number of benzene rings is 2. The molecule has 2 N–H and O–H groups in total. The van der Waals surface area contributed by atoms with Crippen molar-refractivity contribution in [3.63, 3.8) is 0 Å². The number of hydrogen-bond donors (Lipinski definition) is 1. The van der Waals surface area contributed by atoms with Crippen molar-refractivity contribution in [2.24, 2.45) is 5.73 Å². The molecular formula is C17H15NO2S. The van der Waals surface area contributed by atoms with E-state index in [1.54, 1.807) is 0 Å². The lowest BCUT2D eigenvalue weighted by atomic mass is 10.1. The van der Waals surface area contributed by atoms with Crippen LogP contribution in [0.15, 0.2) is 59.0 Å². The second-order valence-corrected chi connectivity index (χ2v) is 5.75. The van der Waals surface area contributed by atoms with Gasteiger partial charge in [0.25, 0.3) is 0 Å². The number of carbonyl (C=O) groups excluding carboxylic acids is 1. The number of amides is 1. The molecule has 0 aliphatic heterocycles. The van der Waals surface area contributed by atoms with Gasteiger partial charge < -0.3 is 10.2 Å². The topological polar surface area (TPSA) is 56.2 Å². The molecule has 1 aromatic heterocycles. The summed E-state index contributed by atoms with van der Waals surface area (Å²) in [5.74, 6) is 1.62. The molecule has 0 atom stereocenters. The normalized spacial score (nSPS) is 10.9. The molecule has 0 aliphatic rings. The van der Waals surface area contributed by atoms with Crippen molar-refractivity contribution < 1.29 is 9.21 Å². The second-order valence-electron chi connectivity index (χ2n) is 4.76. The number of fused-ring (bicyclic) bond motifs is 1. The molecule has 0 bridgehead atoms. The Hall–Kier alpha value is -2.20. The van der Waals surface area contributed by atoms with Gasteiger partial charge in [-0.25, -0.2) is 0 Å². The molecule has 1 amide bonds. The maximum absolute atomic E-state index is 10.8. The minimum atomic E-state index is -0.291. The van der Waals surface area contributed by atoms with Gasteiger partial charge in [-0.2, -0.15) is 0 Å². The molecule has 0 aliphatic carbocycles. The monoisotopic (exact) mass is 297 g/mol. The van der Waals surface area contributed by atoms with E-state index in [9.17, 15) is 4.79 Å². The van der Waals surface area contributed by atoms with Gasteiger partial charge in [0.15, 0.2) is 0 Å². The summed E-state index contributed by atoms with van der Waals surface area (Å²) in [6, 6.07) is 18.1. The summed E-state index contributed by atoms with van der Waals surface area (Å²) in [4.78, 5) is 10.8. The van der Waals surface area contributed by atoms with Crippen LogP contribution in [-0.4, -0.2) is 11.7 Å². The fourth-order valence-corrected chi connectivity index (χ4v) is 3.04. The predicted molar refractivity (Wildman–Crippen MR) is 87.0 cm³/mol. The number of thioether (sulfide) groups is 1. The van der Waals surface area contributed by atoms with Gasteiger partial charge in [-0.3, -0.25) is 4.79 Å². The molecule has 0 saturated heterocycles. The quantitative estimate of drug-likeness (QED) is 0.779. The van der Waals surface area contributed by atoms with Gasteiger partial charge in [0, 0.05) is 16.7 Å². The maximum atomic E-state index is 10.8. The van der Waals surface area contributed by atoms with Crippen LogP contribution in [-0.2, 0) is 10.5 Å². The summed E-state index contributed by atoms with van der Waals surface area (Å²) < 4.78 is 5.92.